The molecule has 0 radical (unpaired) electrons. The van der Waals surface area contributed by atoms with Crippen molar-refractivity contribution in [2.45, 2.75) is 83.2 Å². The van der Waals surface area contributed by atoms with Gasteiger partial charge in [0, 0.05) is 12.6 Å². The van der Waals surface area contributed by atoms with Gasteiger partial charge in [-0.15, -0.1) is 0 Å². The van der Waals surface area contributed by atoms with Crippen LogP contribution in [-0.2, 0) is 9.16 Å². The molecule has 1 aliphatic heterocycles. The fourth-order valence-electron chi connectivity index (χ4n) is 4.34. The Morgan fingerprint density at radius 2 is 2.00 bits per heavy atom. The van der Waals surface area contributed by atoms with Crippen molar-refractivity contribution in [2.24, 2.45) is 0 Å². The molecule has 0 saturated heterocycles. The Balaban J connectivity index is 1.96. The van der Waals surface area contributed by atoms with Crippen molar-refractivity contribution in [3.8, 4) is 0 Å². The van der Waals surface area contributed by atoms with E-state index in [1.807, 2.05) is 0 Å². The maximum absolute atomic E-state index is 11.5. The van der Waals surface area contributed by atoms with Crippen LogP contribution in [0.2, 0.25) is 18.1 Å². The van der Waals surface area contributed by atoms with Crippen molar-refractivity contribution in [1.29, 1.82) is 0 Å². The Hall–Kier alpha value is -1.73. The highest BCUT2D eigenvalue weighted by atomic mass is 28.4. The molecule has 0 unspecified atom stereocenters. The Morgan fingerprint density at radius 3 is 2.67 bits per heavy atom. The Bertz CT molecular complexity index is 709. The summed E-state index contributed by atoms with van der Waals surface area (Å²) in [6.07, 6.45) is 7.49. The second-order valence-corrected chi connectivity index (χ2v) is 12.2. The van der Waals surface area contributed by atoms with Gasteiger partial charge in [0.05, 0.1) is 28.5 Å². The Kier molecular flexibility index (Phi) is 6.32. The molecule has 0 spiro atoms. The lowest BCUT2D eigenvalue weighted by atomic mass is 9.86. The van der Waals surface area contributed by atoms with E-state index in [0.717, 1.165) is 43.2 Å². The summed E-state index contributed by atoms with van der Waals surface area (Å²) in [5.41, 5.74) is 1.95. The van der Waals surface area contributed by atoms with Gasteiger partial charge in [-0.2, -0.15) is 0 Å². The number of aromatic nitrogens is 1. The van der Waals surface area contributed by atoms with E-state index in [4.69, 9.17) is 9.16 Å². The Morgan fingerprint density at radius 1 is 1.26 bits per heavy atom. The maximum Gasteiger partial charge on any atom is 0.293 e. The summed E-state index contributed by atoms with van der Waals surface area (Å²) in [5, 5.41) is 11.5. The van der Waals surface area contributed by atoms with E-state index >= 15 is 0 Å². The molecule has 1 aromatic heterocycles. The van der Waals surface area contributed by atoms with Crippen LogP contribution in [0.4, 0.5) is 5.69 Å². The standard InChI is InChI=1S/C20H30N2O4Si/c1-4-27(5-2,6-3)26-20-13-19(25-18-10-8-7-9-16(18)20)15-11-12-21-14-17(15)22(23)24/h11-12,14,18-19H,4-10,13H2,1-3H3/t18-,19-/m1/s1. The Labute approximate surface area is 162 Å². The molecule has 27 heavy (non-hydrogen) atoms. The summed E-state index contributed by atoms with van der Waals surface area (Å²) in [5.74, 6) is 1.07. The molecule has 2 aliphatic rings. The molecule has 2 heterocycles. The van der Waals surface area contributed by atoms with E-state index in [-0.39, 0.29) is 22.8 Å². The first kappa shape index (κ1) is 20.0. The van der Waals surface area contributed by atoms with Gasteiger partial charge in [-0.1, -0.05) is 27.2 Å². The lowest BCUT2D eigenvalue weighted by Gasteiger charge is -2.40. The number of fused-ring (bicyclic) bond motifs is 1. The topological polar surface area (TPSA) is 74.5 Å². The minimum absolute atomic E-state index is 0.0255. The minimum atomic E-state index is -1.81. The normalized spacial score (nSPS) is 23.1. The van der Waals surface area contributed by atoms with Gasteiger partial charge in [-0.05, 0) is 49.0 Å². The first-order valence-electron chi connectivity index (χ1n) is 10.2. The lowest BCUT2D eigenvalue weighted by molar-refractivity contribution is -0.386. The van der Waals surface area contributed by atoms with Crippen LogP contribution in [0, 0.1) is 10.1 Å². The van der Waals surface area contributed by atoms with Crippen LogP contribution in [-0.4, -0.2) is 24.3 Å². The lowest BCUT2D eigenvalue weighted by Crippen LogP contribution is -2.38. The molecule has 1 aromatic rings. The zero-order valence-corrected chi connectivity index (χ0v) is 17.6. The average Bonchev–Trinajstić information content (AvgIpc) is 2.72. The predicted molar refractivity (Wildman–Crippen MR) is 107 cm³/mol. The van der Waals surface area contributed by atoms with E-state index in [1.54, 1.807) is 12.3 Å². The van der Waals surface area contributed by atoms with Gasteiger partial charge < -0.3 is 9.16 Å². The van der Waals surface area contributed by atoms with Crippen LogP contribution in [0.15, 0.2) is 29.8 Å². The fraction of sp³-hybridized carbons (Fsp3) is 0.650. The molecule has 0 amide bonds. The van der Waals surface area contributed by atoms with Crippen molar-refractivity contribution in [3.05, 3.63) is 45.5 Å². The minimum Gasteiger partial charge on any atom is -0.546 e. The zero-order chi connectivity index (χ0) is 19.4. The first-order valence-corrected chi connectivity index (χ1v) is 12.7. The van der Waals surface area contributed by atoms with Gasteiger partial charge in [0.2, 0.25) is 8.32 Å². The van der Waals surface area contributed by atoms with E-state index < -0.39 is 8.32 Å². The van der Waals surface area contributed by atoms with E-state index in [9.17, 15) is 10.1 Å². The molecule has 7 heteroatoms. The molecular formula is C20H30N2O4Si. The van der Waals surface area contributed by atoms with Gasteiger partial charge in [0.1, 0.15) is 6.20 Å². The molecule has 6 nitrogen and oxygen atoms in total. The average molecular weight is 391 g/mol. The van der Waals surface area contributed by atoms with Gasteiger partial charge in [0.25, 0.3) is 5.69 Å². The highest BCUT2D eigenvalue weighted by molar-refractivity contribution is 6.73. The fourth-order valence-corrected chi connectivity index (χ4v) is 7.01. The molecular weight excluding hydrogens is 360 g/mol. The molecule has 1 saturated carbocycles. The molecule has 3 rings (SSSR count). The summed E-state index contributed by atoms with van der Waals surface area (Å²) in [6, 6.07) is 4.98. The van der Waals surface area contributed by atoms with Crippen molar-refractivity contribution in [1.82, 2.24) is 4.98 Å². The number of hydrogen-bond acceptors (Lipinski definition) is 5. The highest BCUT2D eigenvalue weighted by Crippen LogP contribution is 2.44. The molecule has 1 fully saturated rings. The number of nitro groups is 1. The number of rotatable bonds is 7. The molecule has 0 N–H and O–H groups in total. The van der Waals surface area contributed by atoms with Gasteiger partial charge in [-0.25, -0.2) is 0 Å². The number of nitrogens with zero attached hydrogens (tertiary/aromatic N) is 2. The third-order valence-electron chi connectivity index (χ3n) is 6.26. The SMILES string of the molecule is CC[Si](CC)(CC)OC1=C2CCCC[C@H]2O[C@@H](c2ccncc2[N+](=O)[O-])C1. The van der Waals surface area contributed by atoms with Gasteiger partial charge in [0.15, 0.2) is 0 Å². The number of ether oxygens (including phenoxy) is 1. The van der Waals surface area contributed by atoms with Gasteiger partial charge in [-0.3, -0.25) is 15.1 Å². The monoisotopic (exact) mass is 390 g/mol. The van der Waals surface area contributed by atoms with Crippen molar-refractivity contribution in [2.75, 3.05) is 0 Å². The summed E-state index contributed by atoms with van der Waals surface area (Å²) in [6.45, 7) is 6.69. The third kappa shape index (κ3) is 4.09. The van der Waals surface area contributed by atoms with Crippen LogP contribution in [0.1, 0.15) is 64.5 Å². The zero-order valence-electron chi connectivity index (χ0n) is 16.6. The van der Waals surface area contributed by atoms with Crippen LogP contribution in [0.5, 0.6) is 0 Å². The molecule has 1 aliphatic carbocycles. The molecule has 148 valence electrons. The largest absolute Gasteiger partial charge is 0.546 e. The van der Waals surface area contributed by atoms with Crippen molar-refractivity contribution in [3.63, 3.8) is 0 Å². The van der Waals surface area contributed by atoms with Crippen LogP contribution >= 0.6 is 0 Å². The molecule has 2 atom stereocenters. The van der Waals surface area contributed by atoms with Crippen LogP contribution in [0.25, 0.3) is 0 Å². The molecule has 0 aromatic carbocycles. The van der Waals surface area contributed by atoms with E-state index in [1.165, 1.54) is 18.2 Å². The second kappa shape index (κ2) is 8.52. The maximum atomic E-state index is 11.5. The summed E-state index contributed by atoms with van der Waals surface area (Å²) in [7, 11) is -1.81. The number of hydrogen-bond donors (Lipinski definition) is 0. The predicted octanol–water partition coefficient (Wildman–Crippen LogP) is 5.67. The van der Waals surface area contributed by atoms with Crippen LogP contribution < -0.4 is 0 Å². The van der Waals surface area contributed by atoms with E-state index in [0.29, 0.717) is 12.0 Å². The summed E-state index contributed by atoms with van der Waals surface area (Å²) < 4.78 is 13.2. The summed E-state index contributed by atoms with van der Waals surface area (Å²) >= 11 is 0. The van der Waals surface area contributed by atoms with Crippen molar-refractivity contribution < 1.29 is 14.1 Å². The van der Waals surface area contributed by atoms with Crippen LogP contribution in [0.3, 0.4) is 0 Å². The quantitative estimate of drug-likeness (QED) is 0.341. The van der Waals surface area contributed by atoms with Gasteiger partial charge >= 0.3 is 0 Å². The third-order valence-corrected chi connectivity index (χ3v) is 10.8. The van der Waals surface area contributed by atoms with E-state index in [2.05, 4.69) is 25.8 Å². The second-order valence-electron chi connectivity index (χ2n) is 7.55. The molecule has 0 bridgehead atoms. The first-order chi connectivity index (χ1) is 13.0. The number of pyridine rings is 1. The summed E-state index contributed by atoms with van der Waals surface area (Å²) in [4.78, 5) is 15.0. The highest BCUT2D eigenvalue weighted by Gasteiger charge is 2.39. The van der Waals surface area contributed by atoms with Crippen molar-refractivity contribution >= 4 is 14.0 Å². The smallest absolute Gasteiger partial charge is 0.293 e.